The number of nitrogens with zero attached hydrogens (tertiary/aromatic N) is 1. The van der Waals surface area contributed by atoms with Gasteiger partial charge in [0.15, 0.2) is 0 Å². The van der Waals surface area contributed by atoms with Crippen molar-refractivity contribution in [1.29, 1.82) is 0 Å². The quantitative estimate of drug-likeness (QED) is 0.399. The van der Waals surface area contributed by atoms with Gasteiger partial charge in [0.25, 0.3) is 0 Å². The Labute approximate surface area is 193 Å². The highest BCUT2D eigenvalue weighted by atomic mass is 19.1. The SMILES string of the molecule is Cc1ccc(NC(=O)Nc2cc(-c3cc(F)ccc3C(=O)O)ccc2N(C)CC(C)C)cc1. The number of carbonyl (C=O) groups excluding carboxylic acids is 1. The van der Waals surface area contributed by atoms with Gasteiger partial charge in [0, 0.05) is 19.3 Å². The molecule has 0 aliphatic heterocycles. The van der Waals surface area contributed by atoms with Gasteiger partial charge < -0.3 is 20.6 Å². The number of nitrogens with one attached hydrogen (secondary N) is 2. The van der Waals surface area contributed by atoms with Gasteiger partial charge in [-0.3, -0.25) is 0 Å². The zero-order valence-corrected chi connectivity index (χ0v) is 19.1. The van der Waals surface area contributed by atoms with Crippen molar-refractivity contribution in [3.8, 4) is 11.1 Å². The van der Waals surface area contributed by atoms with E-state index in [9.17, 15) is 19.1 Å². The van der Waals surface area contributed by atoms with Gasteiger partial charge in [-0.15, -0.1) is 0 Å². The lowest BCUT2D eigenvalue weighted by molar-refractivity contribution is 0.0697. The average Bonchev–Trinajstić information content (AvgIpc) is 2.74. The Morgan fingerprint density at radius 1 is 1.00 bits per heavy atom. The predicted molar refractivity (Wildman–Crippen MR) is 131 cm³/mol. The van der Waals surface area contributed by atoms with Crippen LogP contribution in [0.25, 0.3) is 11.1 Å². The zero-order valence-electron chi connectivity index (χ0n) is 19.1. The molecule has 3 aromatic rings. The van der Waals surface area contributed by atoms with Gasteiger partial charge in [-0.2, -0.15) is 0 Å². The number of benzene rings is 3. The average molecular weight is 450 g/mol. The maximum absolute atomic E-state index is 13.9. The maximum Gasteiger partial charge on any atom is 0.336 e. The third kappa shape index (κ3) is 6.10. The van der Waals surface area contributed by atoms with E-state index in [1.54, 1.807) is 18.2 Å². The highest BCUT2D eigenvalue weighted by Gasteiger charge is 2.17. The minimum Gasteiger partial charge on any atom is -0.478 e. The summed E-state index contributed by atoms with van der Waals surface area (Å²) in [6.45, 7) is 6.89. The number of urea groups is 1. The van der Waals surface area contributed by atoms with Gasteiger partial charge in [-0.25, -0.2) is 14.0 Å². The Kier molecular flexibility index (Phi) is 7.33. The molecule has 3 rings (SSSR count). The summed E-state index contributed by atoms with van der Waals surface area (Å²) in [6, 6.07) is 15.7. The number of hydrogen-bond acceptors (Lipinski definition) is 3. The molecule has 172 valence electrons. The molecule has 0 saturated carbocycles. The number of hydrogen-bond donors (Lipinski definition) is 3. The van der Waals surface area contributed by atoms with E-state index >= 15 is 0 Å². The summed E-state index contributed by atoms with van der Waals surface area (Å²) >= 11 is 0. The van der Waals surface area contributed by atoms with Crippen molar-refractivity contribution in [2.45, 2.75) is 20.8 Å². The monoisotopic (exact) mass is 449 g/mol. The van der Waals surface area contributed by atoms with Crippen molar-refractivity contribution in [1.82, 2.24) is 0 Å². The topological polar surface area (TPSA) is 81.7 Å². The van der Waals surface area contributed by atoms with Crippen LogP contribution in [0.15, 0.2) is 60.7 Å². The molecule has 0 aliphatic carbocycles. The molecule has 0 saturated heterocycles. The molecule has 0 fully saturated rings. The van der Waals surface area contributed by atoms with E-state index in [-0.39, 0.29) is 11.1 Å². The lowest BCUT2D eigenvalue weighted by Gasteiger charge is -2.25. The van der Waals surface area contributed by atoms with Crippen molar-refractivity contribution in [2.24, 2.45) is 5.92 Å². The second-order valence-electron chi connectivity index (χ2n) is 8.45. The number of amides is 2. The standard InChI is InChI=1S/C26H28FN3O3/c1-16(2)15-30(4)24-12-7-18(22-14-19(27)8-11-21(22)25(31)32)13-23(24)29-26(33)28-20-9-5-17(3)6-10-20/h5-14,16H,15H2,1-4H3,(H,31,32)(H2,28,29,33). The molecule has 0 atom stereocenters. The number of aromatic carboxylic acids is 1. The molecule has 7 heteroatoms. The first-order chi connectivity index (χ1) is 15.6. The molecule has 0 radical (unpaired) electrons. The van der Waals surface area contributed by atoms with E-state index in [4.69, 9.17) is 0 Å². The van der Waals surface area contributed by atoms with Crippen molar-refractivity contribution in [3.05, 3.63) is 77.6 Å². The van der Waals surface area contributed by atoms with E-state index in [1.165, 1.54) is 12.1 Å². The van der Waals surface area contributed by atoms with Crippen LogP contribution in [-0.4, -0.2) is 30.7 Å². The lowest BCUT2D eigenvalue weighted by Crippen LogP contribution is -2.26. The fourth-order valence-electron chi connectivity index (χ4n) is 3.65. The normalized spacial score (nSPS) is 10.7. The van der Waals surface area contributed by atoms with Crippen LogP contribution in [0, 0.1) is 18.7 Å². The third-order valence-corrected chi connectivity index (χ3v) is 5.13. The fourth-order valence-corrected chi connectivity index (χ4v) is 3.65. The Balaban J connectivity index is 2.00. The van der Waals surface area contributed by atoms with Crippen LogP contribution < -0.4 is 15.5 Å². The molecule has 6 nitrogen and oxygen atoms in total. The number of carbonyl (C=O) groups is 2. The number of aryl methyl sites for hydroxylation is 1. The van der Waals surface area contributed by atoms with Crippen molar-refractivity contribution in [2.75, 3.05) is 29.1 Å². The lowest BCUT2D eigenvalue weighted by atomic mass is 9.98. The second-order valence-corrected chi connectivity index (χ2v) is 8.45. The summed E-state index contributed by atoms with van der Waals surface area (Å²) in [5, 5.41) is 15.2. The number of carboxylic acids is 1. The van der Waals surface area contributed by atoms with Gasteiger partial charge in [0.05, 0.1) is 16.9 Å². The smallest absolute Gasteiger partial charge is 0.336 e. The highest BCUT2D eigenvalue weighted by molar-refractivity contribution is 6.03. The van der Waals surface area contributed by atoms with E-state index in [2.05, 4.69) is 24.5 Å². The van der Waals surface area contributed by atoms with Gasteiger partial charge in [0.1, 0.15) is 5.82 Å². The number of carboxylic acid groups (broad SMARTS) is 1. The van der Waals surface area contributed by atoms with Crippen molar-refractivity contribution < 1.29 is 19.1 Å². The fraction of sp³-hybridized carbons (Fsp3) is 0.231. The van der Waals surface area contributed by atoms with Crippen LogP contribution in [0.1, 0.15) is 29.8 Å². The molecule has 3 aromatic carbocycles. The minimum atomic E-state index is -1.15. The maximum atomic E-state index is 13.9. The molecule has 0 aliphatic rings. The summed E-state index contributed by atoms with van der Waals surface area (Å²) in [4.78, 5) is 26.4. The molecule has 0 unspecified atom stereocenters. The molecule has 3 N–H and O–H groups in total. The van der Waals surface area contributed by atoms with Crippen LogP contribution in [-0.2, 0) is 0 Å². The predicted octanol–water partition coefficient (Wildman–Crippen LogP) is 6.24. The van der Waals surface area contributed by atoms with Crippen LogP contribution >= 0.6 is 0 Å². The summed E-state index contributed by atoms with van der Waals surface area (Å²) in [5.74, 6) is -1.31. The molecular weight excluding hydrogens is 421 g/mol. The molecule has 0 heterocycles. The summed E-state index contributed by atoms with van der Waals surface area (Å²) in [5.41, 5.74) is 3.68. The van der Waals surface area contributed by atoms with Gasteiger partial charge in [-0.05, 0) is 66.4 Å². The molecular formula is C26H28FN3O3. The Morgan fingerprint density at radius 3 is 2.33 bits per heavy atom. The van der Waals surface area contributed by atoms with Crippen LogP contribution in [0.5, 0.6) is 0 Å². The number of anilines is 3. The first kappa shape index (κ1) is 23.8. The summed E-state index contributed by atoms with van der Waals surface area (Å²) in [6.07, 6.45) is 0. The number of rotatable bonds is 7. The Bertz CT molecular complexity index is 1160. The molecule has 2 amide bonds. The summed E-state index contributed by atoms with van der Waals surface area (Å²) < 4.78 is 13.9. The largest absolute Gasteiger partial charge is 0.478 e. The third-order valence-electron chi connectivity index (χ3n) is 5.13. The van der Waals surface area contributed by atoms with Gasteiger partial charge in [-0.1, -0.05) is 37.6 Å². The number of halogens is 1. The highest BCUT2D eigenvalue weighted by Crippen LogP contribution is 2.33. The van der Waals surface area contributed by atoms with Crippen molar-refractivity contribution >= 4 is 29.1 Å². The Morgan fingerprint density at radius 2 is 1.70 bits per heavy atom. The minimum absolute atomic E-state index is 0.0188. The van der Waals surface area contributed by atoms with Crippen LogP contribution in [0.2, 0.25) is 0 Å². The molecule has 0 aromatic heterocycles. The van der Waals surface area contributed by atoms with Gasteiger partial charge in [0.2, 0.25) is 0 Å². The first-order valence-corrected chi connectivity index (χ1v) is 10.7. The van der Waals surface area contributed by atoms with Gasteiger partial charge >= 0.3 is 12.0 Å². The van der Waals surface area contributed by atoms with E-state index in [0.29, 0.717) is 22.9 Å². The van der Waals surface area contributed by atoms with Crippen LogP contribution in [0.3, 0.4) is 0 Å². The van der Waals surface area contributed by atoms with E-state index in [0.717, 1.165) is 23.9 Å². The molecule has 33 heavy (non-hydrogen) atoms. The van der Waals surface area contributed by atoms with Crippen molar-refractivity contribution in [3.63, 3.8) is 0 Å². The van der Waals surface area contributed by atoms with E-state index in [1.807, 2.05) is 43.1 Å². The second kappa shape index (κ2) is 10.2. The Hall–Kier alpha value is -3.87. The summed E-state index contributed by atoms with van der Waals surface area (Å²) in [7, 11) is 1.92. The molecule has 0 bridgehead atoms. The first-order valence-electron chi connectivity index (χ1n) is 10.7. The van der Waals surface area contributed by atoms with Crippen LogP contribution in [0.4, 0.5) is 26.2 Å². The van der Waals surface area contributed by atoms with E-state index < -0.39 is 17.8 Å². The zero-order chi connectivity index (χ0) is 24.1. The molecule has 0 spiro atoms.